The summed E-state index contributed by atoms with van der Waals surface area (Å²) >= 11 is 1.69. The lowest BCUT2D eigenvalue weighted by atomic mass is 9.89. The molecule has 0 saturated heterocycles. The van der Waals surface area contributed by atoms with Crippen LogP contribution in [0.2, 0.25) is 0 Å². The van der Waals surface area contributed by atoms with Gasteiger partial charge in [0.05, 0.1) is 21.5 Å². The molecule has 2 aliphatic rings. The number of nitrogens with one attached hydrogen (secondary N) is 2. The monoisotopic (exact) mass is 451 g/mol. The Morgan fingerprint density at radius 2 is 1.84 bits per heavy atom. The number of rotatable bonds is 7. The van der Waals surface area contributed by atoms with E-state index in [1.165, 1.54) is 36.8 Å². The number of fused-ring (bicyclic) bond motifs is 1. The third kappa shape index (κ3) is 4.74. The summed E-state index contributed by atoms with van der Waals surface area (Å²) in [5.74, 6) is 2.67. The molecular formula is C25H33N5OS. The molecule has 2 fully saturated rings. The molecule has 0 bridgehead atoms. The van der Waals surface area contributed by atoms with Gasteiger partial charge in [-0.3, -0.25) is 0 Å². The first-order valence-electron chi connectivity index (χ1n) is 12.1. The van der Waals surface area contributed by atoms with Crippen LogP contribution in [0.15, 0.2) is 24.3 Å². The summed E-state index contributed by atoms with van der Waals surface area (Å²) in [7, 11) is 0. The lowest BCUT2D eigenvalue weighted by Gasteiger charge is -2.22. The normalized spacial score (nSPS) is 21.8. The van der Waals surface area contributed by atoms with Gasteiger partial charge in [0.1, 0.15) is 10.8 Å². The Bertz CT molecular complexity index is 1030. The Morgan fingerprint density at radius 3 is 2.62 bits per heavy atom. The summed E-state index contributed by atoms with van der Waals surface area (Å²) in [4.78, 5) is 14.7. The van der Waals surface area contributed by atoms with Crippen LogP contribution in [0.3, 0.4) is 0 Å². The summed E-state index contributed by atoms with van der Waals surface area (Å²) in [5, 5.41) is 17.8. The summed E-state index contributed by atoms with van der Waals surface area (Å²) in [5.41, 5.74) is 2.96. The van der Waals surface area contributed by atoms with Crippen molar-refractivity contribution >= 4 is 33.3 Å². The highest BCUT2D eigenvalue weighted by Gasteiger charge is 2.27. The number of aryl methyl sites for hydroxylation is 1. The van der Waals surface area contributed by atoms with Gasteiger partial charge >= 0.3 is 0 Å². The Kier molecular flexibility index (Phi) is 6.55. The third-order valence-corrected chi connectivity index (χ3v) is 8.07. The van der Waals surface area contributed by atoms with Crippen LogP contribution in [0, 0.1) is 18.8 Å². The van der Waals surface area contributed by atoms with Crippen molar-refractivity contribution in [2.45, 2.75) is 64.3 Å². The summed E-state index contributed by atoms with van der Waals surface area (Å²) in [6, 6.07) is 8.57. The quantitative estimate of drug-likeness (QED) is 0.432. The Balaban J connectivity index is 1.45. The maximum Gasteiger partial charge on any atom is 0.224 e. The number of aliphatic hydroxyl groups is 1. The van der Waals surface area contributed by atoms with Crippen molar-refractivity contribution in [3.05, 3.63) is 30.0 Å². The van der Waals surface area contributed by atoms with Gasteiger partial charge in [-0.2, -0.15) is 4.98 Å². The minimum Gasteiger partial charge on any atom is -0.396 e. The van der Waals surface area contributed by atoms with Gasteiger partial charge in [-0.15, -0.1) is 11.3 Å². The van der Waals surface area contributed by atoms with Crippen molar-refractivity contribution in [1.82, 2.24) is 15.0 Å². The predicted molar refractivity (Wildman–Crippen MR) is 132 cm³/mol. The smallest absolute Gasteiger partial charge is 0.224 e. The molecule has 3 N–H and O–H groups in total. The maximum absolute atomic E-state index is 9.57. The van der Waals surface area contributed by atoms with Gasteiger partial charge in [-0.25, -0.2) is 9.97 Å². The summed E-state index contributed by atoms with van der Waals surface area (Å²) in [6.07, 6.45) is 9.72. The van der Waals surface area contributed by atoms with Crippen molar-refractivity contribution < 1.29 is 5.11 Å². The van der Waals surface area contributed by atoms with Gasteiger partial charge in [0.25, 0.3) is 0 Å². The third-order valence-electron chi connectivity index (χ3n) is 7.01. The van der Waals surface area contributed by atoms with Crippen LogP contribution in [-0.4, -0.2) is 39.3 Å². The molecule has 0 spiro atoms. The first-order chi connectivity index (χ1) is 15.7. The number of hydrogen-bond acceptors (Lipinski definition) is 7. The molecule has 0 unspecified atom stereocenters. The van der Waals surface area contributed by atoms with Crippen LogP contribution in [0.25, 0.3) is 20.8 Å². The predicted octanol–water partition coefficient (Wildman–Crippen LogP) is 5.63. The van der Waals surface area contributed by atoms with E-state index in [2.05, 4.69) is 35.8 Å². The number of nitrogens with zero attached hydrogens (tertiary/aromatic N) is 3. The van der Waals surface area contributed by atoms with E-state index in [0.29, 0.717) is 23.8 Å². The second kappa shape index (κ2) is 9.71. The Hall–Kier alpha value is -2.25. The summed E-state index contributed by atoms with van der Waals surface area (Å²) < 4.78 is 1.17. The van der Waals surface area contributed by atoms with E-state index < -0.39 is 0 Å². The van der Waals surface area contributed by atoms with E-state index in [0.717, 1.165) is 53.4 Å². The van der Waals surface area contributed by atoms with Gasteiger partial charge in [0, 0.05) is 19.2 Å². The molecule has 5 rings (SSSR count). The van der Waals surface area contributed by atoms with Crippen molar-refractivity contribution in [1.29, 1.82) is 0 Å². The number of aromatic nitrogens is 3. The zero-order valence-electron chi connectivity index (χ0n) is 18.8. The second-order valence-corrected chi connectivity index (χ2v) is 10.5. The average molecular weight is 452 g/mol. The number of anilines is 2. The van der Waals surface area contributed by atoms with Crippen LogP contribution in [0.1, 0.15) is 57.1 Å². The number of thiazole rings is 1. The molecule has 2 saturated carbocycles. The van der Waals surface area contributed by atoms with E-state index in [1.54, 1.807) is 11.3 Å². The highest BCUT2D eigenvalue weighted by molar-refractivity contribution is 7.21. The van der Waals surface area contributed by atoms with Crippen LogP contribution in [0.5, 0.6) is 0 Å². The van der Waals surface area contributed by atoms with Crippen molar-refractivity contribution in [2.24, 2.45) is 11.8 Å². The molecule has 0 amide bonds. The van der Waals surface area contributed by atoms with Gasteiger partial charge in [0.15, 0.2) is 0 Å². The highest BCUT2D eigenvalue weighted by Crippen LogP contribution is 2.38. The molecule has 2 heterocycles. The molecule has 6 nitrogen and oxygen atoms in total. The van der Waals surface area contributed by atoms with Crippen LogP contribution in [-0.2, 0) is 0 Å². The van der Waals surface area contributed by atoms with Crippen molar-refractivity contribution in [3.63, 3.8) is 0 Å². The van der Waals surface area contributed by atoms with Crippen LogP contribution < -0.4 is 10.6 Å². The fraction of sp³-hybridized carbons (Fsp3) is 0.560. The van der Waals surface area contributed by atoms with Gasteiger partial charge in [-0.1, -0.05) is 31.4 Å². The number of aliphatic hydroxyl groups excluding tert-OH is 1. The molecule has 3 aromatic rings. The fourth-order valence-corrected chi connectivity index (χ4v) is 6.25. The van der Waals surface area contributed by atoms with Crippen molar-refractivity contribution in [3.8, 4) is 10.6 Å². The average Bonchev–Trinajstić information content (AvgIpc) is 3.44. The first kappa shape index (κ1) is 21.6. The first-order valence-corrected chi connectivity index (χ1v) is 12.9. The SMILES string of the molecule is Cc1nc(NCC2CCCCC2)nc(N[C@H]2CC[C@@H](CO)C2)c1-c1nc2ccccc2s1. The van der Waals surface area contributed by atoms with Crippen molar-refractivity contribution in [2.75, 3.05) is 23.8 Å². The Morgan fingerprint density at radius 1 is 1.00 bits per heavy atom. The summed E-state index contributed by atoms with van der Waals surface area (Å²) in [6.45, 7) is 3.26. The number of hydrogen-bond donors (Lipinski definition) is 3. The van der Waals surface area contributed by atoms with E-state index >= 15 is 0 Å². The van der Waals surface area contributed by atoms with Gasteiger partial charge < -0.3 is 15.7 Å². The minimum atomic E-state index is 0.264. The lowest BCUT2D eigenvalue weighted by molar-refractivity contribution is 0.229. The Labute approximate surface area is 193 Å². The highest BCUT2D eigenvalue weighted by atomic mass is 32.1. The molecule has 32 heavy (non-hydrogen) atoms. The van der Waals surface area contributed by atoms with E-state index in [-0.39, 0.29) is 6.61 Å². The zero-order chi connectivity index (χ0) is 21.9. The van der Waals surface area contributed by atoms with E-state index in [9.17, 15) is 5.11 Å². The maximum atomic E-state index is 9.57. The molecule has 170 valence electrons. The fourth-order valence-electron chi connectivity index (χ4n) is 5.18. The molecule has 2 atom stereocenters. The molecule has 0 aliphatic heterocycles. The lowest BCUT2D eigenvalue weighted by Crippen LogP contribution is -2.21. The largest absolute Gasteiger partial charge is 0.396 e. The zero-order valence-corrected chi connectivity index (χ0v) is 19.6. The number of benzene rings is 1. The molecule has 1 aromatic carbocycles. The van der Waals surface area contributed by atoms with E-state index in [1.807, 2.05) is 6.07 Å². The van der Waals surface area contributed by atoms with Crippen LogP contribution >= 0.6 is 11.3 Å². The molecule has 0 radical (unpaired) electrons. The van der Waals surface area contributed by atoms with Crippen LogP contribution in [0.4, 0.5) is 11.8 Å². The second-order valence-electron chi connectivity index (χ2n) is 9.43. The number of para-hydroxylation sites is 1. The molecule has 7 heteroatoms. The van der Waals surface area contributed by atoms with E-state index in [4.69, 9.17) is 15.0 Å². The molecular weight excluding hydrogens is 418 g/mol. The minimum absolute atomic E-state index is 0.264. The topological polar surface area (TPSA) is 83.0 Å². The molecule has 2 aromatic heterocycles. The van der Waals surface area contributed by atoms with Gasteiger partial charge in [-0.05, 0) is 63.0 Å². The van der Waals surface area contributed by atoms with Gasteiger partial charge in [0.2, 0.25) is 5.95 Å². The molecule has 2 aliphatic carbocycles. The standard InChI is InChI=1S/C25H33N5OS/c1-16-22(24-29-20-9-5-6-10-21(20)32-24)23(28-19-12-11-18(13-19)15-31)30-25(27-16)26-14-17-7-3-2-4-8-17/h5-6,9-10,17-19,31H,2-4,7-8,11-15H2,1H3,(H2,26,27,28,30)/t18-,19+/m1/s1.